The van der Waals surface area contributed by atoms with Crippen molar-refractivity contribution < 1.29 is 9.32 Å². The van der Waals surface area contributed by atoms with Crippen LogP contribution in [0.15, 0.2) is 24.4 Å². The zero-order valence-corrected chi connectivity index (χ0v) is 13.0. The molecule has 1 N–H and O–H groups in total. The molecule has 0 radical (unpaired) electrons. The van der Waals surface area contributed by atoms with Crippen molar-refractivity contribution in [2.45, 2.75) is 48.2 Å². The topological polar surface area (TPSA) is 55.1 Å². The fourth-order valence-electron chi connectivity index (χ4n) is 3.95. The molecule has 0 amide bonds. The average Bonchev–Trinajstić information content (AvgIpc) is 2.82. The van der Waals surface area contributed by atoms with E-state index in [9.17, 15) is 9.32 Å². The summed E-state index contributed by atoms with van der Waals surface area (Å²) in [5.74, 6) is 0. The Hall–Kier alpha value is -1.20. The van der Waals surface area contributed by atoms with Crippen molar-refractivity contribution in [2.75, 3.05) is 0 Å². The number of aryl methyl sites for hydroxylation is 1. The highest BCUT2D eigenvalue weighted by molar-refractivity contribution is 7.86. The molecule has 0 saturated carbocycles. The predicted molar refractivity (Wildman–Crippen MR) is 83.4 cm³/mol. The van der Waals surface area contributed by atoms with E-state index in [0.29, 0.717) is 12.8 Å². The highest BCUT2D eigenvalue weighted by atomic mass is 32.2. The zero-order chi connectivity index (χ0) is 14.6. The lowest BCUT2D eigenvalue weighted by atomic mass is 9.80. The third-order valence-electron chi connectivity index (χ3n) is 5.13. The molecule has 112 valence electrons. The van der Waals surface area contributed by atoms with Gasteiger partial charge in [0, 0.05) is 33.7 Å². The summed E-state index contributed by atoms with van der Waals surface area (Å²) in [6, 6.07) is 6.08. The Morgan fingerprint density at radius 1 is 1.33 bits per heavy atom. The molecule has 2 bridgehead atoms. The number of nitrogens with zero attached hydrogens (tertiary/aromatic N) is 2. The molecule has 0 aliphatic carbocycles. The van der Waals surface area contributed by atoms with Crippen LogP contribution in [0.5, 0.6) is 0 Å². The molecule has 2 fully saturated rings. The number of benzene rings is 1. The fraction of sp³-hybridized carbons (Fsp3) is 0.562. The Balaban J connectivity index is 1.76. The van der Waals surface area contributed by atoms with Crippen LogP contribution in [0.4, 0.5) is 0 Å². The molecular formula is C16H20N2O2S. The van der Waals surface area contributed by atoms with Crippen molar-refractivity contribution in [3.05, 3.63) is 30.0 Å². The van der Waals surface area contributed by atoms with Crippen LogP contribution < -0.4 is 0 Å². The molecule has 2 saturated heterocycles. The molecule has 4 nitrogen and oxygen atoms in total. The largest absolute Gasteiger partial charge is 0.385 e. The van der Waals surface area contributed by atoms with E-state index in [4.69, 9.17) is 0 Å². The summed E-state index contributed by atoms with van der Waals surface area (Å²) in [6.45, 7) is 0. The van der Waals surface area contributed by atoms with Crippen LogP contribution in [0.25, 0.3) is 10.9 Å². The molecule has 1 aromatic carbocycles. The molecule has 4 rings (SSSR count). The molecule has 0 spiro atoms. The quantitative estimate of drug-likeness (QED) is 0.879. The fourth-order valence-corrected chi connectivity index (χ4v) is 6.17. The SMILES string of the molecule is Cn1ncc2ccc(C3(O)CC4CCCC(C3)S4=O)cc21. The number of rotatable bonds is 1. The lowest BCUT2D eigenvalue weighted by Crippen LogP contribution is -2.47. The van der Waals surface area contributed by atoms with Gasteiger partial charge >= 0.3 is 0 Å². The molecule has 3 heterocycles. The van der Waals surface area contributed by atoms with Crippen LogP contribution in [-0.2, 0) is 23.4 Å². The van der Waals surface area contributed by atoms with Gasteiger partial charge in [0.15, 0.2) is 0 Å². The summed E-state index contributed by atoms with van der Waals surface area (Å²) < 4.78 is 14.2. The first-order valence-corrected chi connectivity index (χ1v) is 8.88. The summed E-state index contributed by atoms with van der Waals surface area (Å²) in [5.41, 5.74) is 1.16. The number of hydrogen-bond donors (Lipinski definition) is 1. The van der Waals surface area contributed by atoms with E-state index in [1.54, 1.807) is 0 Å². The molecule has 2 aromatic rings. The number of aromatic nitrogens is 2. The molecular weight excluding hydrogens is 284 g/mol. The van der Waals surface area contributed by atoms with Crippen molar-refractivity contribution in [1.29, 1.82) is 0 Å². The number of hydrogen-bond acceptors (Lipinski definition) is 3. The summed E-state index contributed by atoms with van der Waals surface area (Å²) in [6.07, 6.45) is 6.21. The van der Waals surface area contributed by atoms with Gasteiger partial charge < -0.3 is 5.11 Å². The van der Waals surface area contributed by atoms with Crippen molar-refractivity contribution in [3.8, 4) is 0 Å². The zero-order valence-electron chi connectivity index (χ0n) is 12.2. The summed E-state index contributed by atoms with van der Waals surface area (Å²) in [7, 11) is 1.16. The molecule has 21 heavy (non-hydrogen) atoms. The lowest BCUT2D eigenvalue weighted by Gasteiger charge is -2.43. The Bertz CT molecular complexity index is 708. The van der Waals surface area contributed by atoms with Crippen LogP contribution in [0, 0.1) is 0 Å². The molecule has 2 atom stereocenters. The highest BCUT2D eigenvalue weighted by Crippen LogP contribution is 2.44. The van der Waals surface area contributed by atoms with Gasteiger partial charge in [-0.15, -0.1) is 0 Å². The lowest BCUT2D eigenvalue weighted by molar-refractivity contribution is 0.00664. The Morgan fingerprint density at radius 3 is 2.76 bits per heavy atom. The third-order valence-corrected chi connectivity index (χ3v) is 7.25. The Labute approximate surface area is 126 Å². The third kappa shape index (κ3) is 2.06. The summed E-state index contributed by atoms with van der Waals surface area (Å²) >= 11 is 0. The van der Waals surface area contributed by atoms with Crippen LogP contribution in [0.3, 0.4) is 0 Å². The Kier molecular flexibility index (Phi) is 2.98. The minimum absolute atomic E-state index is 0.157. The smallest absolute Gasteiger partial charge is 0.0920 e. The van der Waals surface area contributed by atoms with Crippen molar-refractivity contribution in [1.82, 2.24) is 9.78 Å². The van der Waals surface area contributed by atoms with E-state index >= 15 is 0 Å². The monoisotopic (exact) mass is 304 g/mol. The standard InChI is InChI=1S/C16H20N2O2S/c1-18-15-7-12(6-5-11(15)10-17-18)16(19)8-13-3-2-4-14(9-16)21(13)20/h5-7,10,13-14,19H,2-4,8-9H2,1H3. The van der Waals surface area contributed by atoms with E-state index in [1.165, 1.54) is 0 Å². The molecule has 2 aliphatic rings. The second-order valence-electron chi connectivity index (χ2n) is 6.49. The van der Waals surface area contributed by atoms with E-state index in [2.05, 4.69) is 5.10 Å². The maximum absolute atomic E-state index is 12.3. The molecule has 2 aliphatic heterocycles. The second kappa shape index (κ2) is 4.65. The normalized spacial score (nSPS) is 36.0. The van der Waals surface area contributed by atoms with Gasteiger partial charge in [-0.25, -0.2) is 0 Å². The van der Waals surface area contributed by atoms with Crippen LogP contribution in [-0.4, -0.2) is 29.6 Å². The van der Waals surface area contributed by atoms with Crippen molar-refractivity contribution in [2.24, 2.45) is 7.05 Å². The average molecular weight is 304 g/mol. The van der Waals surface area contributed by atoms with Gasteiger partial charge in [-0.2, -0.15) is 5.10 Å². The summed E-state index contributed by atoms with van der Waals surface area (Å²) in [5, 5.41) is 16.9. The maximum atomic E-state index is 12.3. The first kappa shape index (κ1) is 13.5. The van der Waals surface area contributed by atoms with Crippen molar-refractivity contribution >= 4 is 21.7 Å². The second-order valence-corrected chi connectivity index (χ2v) is 8.48. The van der Waals surface area contributed by atoms with Gasteiger partial charge in [0.05, 0.1) is 17.3 Å². The maximum Gasteiger partial charge on any atom is 0.0920 e. The van der Waals surface area contributed by atoms with Gasteiger partial charge in [0.2, 0.25) is 0 Å². The number of aliphatic hydroxyl groups is 1. The first-order valence-electron chi connectivity index (χ1n) is 7.61. The van der Waals surface area contributed by atoms with Gasteiger partial charge in [0.25, 0.3) is 0 Å². The van der Waals surface area contributed by atoms with Gasteiger partial charge in [-0.1, -0.05) is 18.6 Å². The number of fused-ring (bicyclic) bond motifs is 3. The molecule has 1 aromatic heterocycles. The van der Waals surface area contributed by atoms with Gasteiger partial charge in [0.1, 0.15) is 0 Å². The molecule has 5 heteroatoms. The van der Waals surface area contributed by atoms with Crippen LogP contribution in [0.2, 0.25) is 0 Å². The van der Waals surface area contributed by atoms with E-state index in [-0.39, 0.29) is 10.5 Å². The highest BCUT2D eigenvalue weighted by Gasteiger charge is 2.46. The molecule has 2 unspecified atom stereocenters. The van der Waals surface area contributed by atoms with Gasteiger partial charge in [-0.3, -0.25) is 8.89 Å². The van der Waals surface area contributed by atoms with Gasteiger partial charge in [-0.05, 0) is 37.3 Å². The minimum Gasteiger partial charge on any atom is -0.385 e. The van der Waals surface area contributed by atoms with Crippen LogP contribution in [0.1, 0.15) is 37.7 Å². The predicted octanol–water partition coefficient (Wildman–Crippen LogP) is 2.22. The first-order chi connectivity index (χ1) is 10.1. The summed E-state index contributed by atoms with van der Waals surface area (Å²) in [4.78, 5) is 0. The Morgan fingerprint density at radius 2 is 2.05 bits per heavy atom. The van der Waals surface area contributed by atoms with E-state index in [0.717, 1.165) is 35.7 Å². The van der Waals surface area contributed by atoms with Crippen LogP contribution >= 0.6 is 0 Å². The van der Waals surface area contributed by atoms with Crippen molar-refractivity contribution in [3.63, 3.8) is 0 Å². The van der Waals surface area contributed by atoms with E-state index < -0.39 is 16.4 Å². The van der Waals surface area contributed by atoms with E-state index in [1.807, 2.05) is 36.1 Å². The minimum atomic E-state index is -0.831.